The lowest BCUT2D eigenvalue weighted by Crippen LogP contribution is -2.34. The third-order valence-corrected chi connectivity index (χ3v) is 4.88. The zero-order valence-electron chi connectivity index (χ0n) is 13.1. The second kappa shape index (κ2) is 8.41. The lowest BCUT2D eigenvalue weighted by molar-refractivity contribution is 0.171. The van der Waals surface area contributed by atoms with Gasteiger partial charge in [0.2, 0.25) is 0 Å². The lowest BCUT2D eigenvalue weighted by Gasteiger charge is -2.36. The van der Waals surface area contributed by atoms with Crippen LogP contribution in [0.1, 0.15) is 51.5 Å². The standard InChI is InChI=1S/C18H30N2/c1-3-9-19-14-17-8-7-15(4-2)11-18(17)12-16-6-5-10-20-13-16/h5-6,10,13,15,17-19H,3-4,7-9,11-12,14H2,1-2H3. The Labute approximate surface area is 124 Å². The molecule has 3 unspecified atom stereocenters. The molecule has 0 aliphatic heterocycles. The maximum absolute atomic E-state index is 4.27. The number of aromatic nitrogens is 1. The van der Waals surface area contributed by atoms with Crippen molar-refractivity contribution in [3.8, 4) is 0 Å². The predicted molar refractivity (Wildman–Crippen MR) is 85.7 cm³/mol. The highest BCUT2D eigenvalue weighted by Crippen LogP contribution is 2.37. The van der Waals surface area contributed by atoms with E-state index in [1.54, 1.807) is 0 Å². The summed E-state index contributed by atoms with van der Waals surface area (Å²) in [5, 5.41) is 3.64. The third kappa shape index (κ3) is 4.59. The van der Waals surface area contributed by atoms with Crippen LogP contribution in [0, 0.1) is 17.8 Å². The smallest absolute Gasteiger partial charge is 0.0299 e. The van der Waals surface area contributed by atoms with Crippen molar-refractivity contribution >= 4 is 0 Å². The van der Waals surface area contributed by atoms with E-state index in [2.05, 4.69) is 36.3 Å². The SMILES string of the molecule is CCCNCC1CCC(CC)CC1Cc1cccnc1. The van der Waals surface area contributed by atoms with Crippen molar-refractivity contribution in [2.24, 2.45) is 17.8 Å². The van der Waals surface area contributed by atoms with Gasteiger partial charge in [-0.1, -0.05) is 32.8 Å². The Morgan fingerprint density at radius 2 is 2.15 bits per heavy atom. The zero-order chi connectivity index (χ0) is 14.2. The number of hydrogen-bond acceptors (Lipinski definition) is 2. The van der Waals surface area contributed by atoms with Crippen molar-refractivity contribution in [1.82, 2.24) is 10.3 Å². The predicted octanol–water partition coefficient (Wildman–Crippen LogP) is 4.07. The molecule has 1 fully saturated rings. The van der Waals surface area contributed by atoms with E-state index in [1.165, 1.54) is 50.6 Å². The molecule has 2 rings (SSSR count). The average Bonchev–Trinajstić information content (AvgIpc) is 2.50. The first-order valence-electron chi connectivity index (χ1n) is 8.43. The minimum Gasteiger partial charge on any atom is -0.316 e. The molecule has 0 radical (unpaired) electrons. The molecule has 0 aromatic carbocycles. The van der Waals surface area contributed by atoms with Crippen molar-refractivity contribution in [2.75, 3.05) is 13.1 Å². The van der Waals surface area contributed by atoms with E-state index in [0.717, 1.165) is 24.3 Å². The Morgan fingerprint density at radius 3 is 2.85 bits per heavy atom. The van der Waals surface area contributed by atoms with E-state index in [4.69, 9.17) is 0 Å². The summed E-state index contributed by atoms with van der Waals surface area (Å²) in [5.74, 6) is 2.63. The summed E-state index contributed by atoms with van der Waals surface area (Å²) in [4.78, 5) is 4.27. The van der Waals surface area contributed by atoms with Gasteiger partial charge in [-0.3, -0.25) is 4.98 Å². The average molecular weight is 274 g/mol. The van der Waals surface area contributed by atoms with Crippen LogP contribution in [0.15, 0.2) is 24.5 Å². The van der Waals surface area contributed by atoms with E-state index in [0.29, 0.717) is 0 Å². The molecule has 1 N–H and O–H groups in total. The molecule has 2 nitrogen and oxygen atoms in total. The molecule has 1 aromatic heterocycles. The van der Waals surface area contributed by atoms with Crippen molar-refractivity contribution in [3.63, 3.8) is 0 Å². The fourth-order valence-corrected chi connectivity index (χ4v) is 3.60. The first kappa shape index (κ1) is 15.5. The van der Waals surface area contributed by atoms with E-state index >= 15 is 0 Å². The van der Waals surface area contributed by atoms with Crippen LogP contribution in [0.3, 0.4) is 0 Å². The Bertz CT molecular complexity index is 361. The molecule has 3 atom stereocenters. The summed E-state index contributed by atoms with van der Waals surface area (Å²) in [6.45, 7) is 6.96. The molecule has 1 heterocycles. The van der Waals surface area contributed by atoms with Gasteiger partial charge in [-0.25, -0.2) is 0 Å². The van der Waals surface area contributed by atoms with Gasteiger partial charge >= 0.3 is 0 Å². The second-order valence-electron chi connectivity index (χ2n) is 6.38. The van der Waals surface area contributed by atoms with E-state index in [-0.39, 0.29) is 0 Å². The van der Waals surface area contributed by atoms with Gasteiger partial charge in [-0.15, -0.1) is 0 Å². The molecule has 2 heteroatoms. The summed E-state index contributed by atoms with van der Waals surface area (Å²) in [5.41, 5.74) is 1.41. The second-order valence-corrected chi connectivity index (χ2v) is 6.38. The van der Waals surface area contributed by atoms with Gasteiger partial charge in [0.05, 0.1) is 0 Å². The molecule has 0 saturated heterocycles. The van der Waals surface area contributed by atoms with Crippen LogP contribution < -0.4 is 5.32 Å². The fraction of sp³-hybridized carbons (Fsp3) is 0.722. The summed E-state index contributed by atoms with van der Waals surface area (Å²) in [7, 11) is 0. The summed E-state index contributed by atoms with van der Waals surface area (Å²) in [6.07, 6.45) is 12.0. The van der Waals surface area contributed by atoms with Crippen molar-refractivity contribution in [3.05, 3.63) is 30.1 Å². The molecule has 1 aliphatic carbocycles. The van der Waals surface area contributed by atoms with Gasteiger partial charge in [-0.2, -0.15) is 0 Å². The van der Waals surface area contributed by atoms with Crippen molar-refractivity contribution in [2.45, 2.75) is 52.4 Å². The molecular weight excluding hydrogens is 244 g/mol. The molecule has 112 valence electrons. The quantitative estimate of drug-likeness (QED) is 0.758. The number of nitrogens with zero attached hydrogens (tertiary/aromatic N) is 1. The summed E-state index contributed by atoms with van der Waals surface area (Å²) in [6, 6.07) is 4.30. The Balaban J connectivity index is 1.94. The third-order valence-electron chi connectivity index (χ3n) is 4.88. The van der Waals surface area contributed by atoms with Gasteiger partial charge in [-0.05, 0) is 68.2 Å². The van der Waals surface area contributed by atoms with Crippen LogP contribution in [0.5, 0.6) is 0 Å². The fourth-order valence-electron chi connectivity index (χ4n) is 3.60. The number of nitrogens with one attached hydrogen (secondary N) is 1. The molecule has 1 aromatic rings. The van der Waals surface area contributed by atoms with Gasteiger partial charge in [0.1, 0.15) is 0 Å². The van der Waals surface area contributed by atoms with Gasteiger partial charge in [0.25, 0.3) is 0 Å². The first-order chi connectivity index (χ1) is 9.83. The Morgan fingerprint density at radius 1 is 1.25 bits per heavy atom. The first-order valence-corrected chi connectivity index (χ1v) is 8.43. The van der Waals surface area contributed by atoms with Crippen LogP contribution in [0.25, 0.3) is 0 Å². The van der Waals surface area contributed by atoms with E-state index in [9.17, 15) is 0 Å². The molecule has 0 spiro atoms. The monoisotopic (exact) mass is 274 g/mol. The minimum absolute atomic E-state index is 0.835. The zero-order valence-corrected chi connectivity index (χ0v) is 13.1. The number of pyridine rings is 1. The van der Waals surface area contributed by atoms with Gasteiger partial charge in [0.15, 0.2) is 0 Å². The molecule has 20 heavy (non-hydrogen) atoms. The van der Waals surface area contributed by atoms with Crippen LogP contribution in [-0.2, 0) is 6.42 Å². The number of hydrogen-bond donors (Lipinski definition) is 1. The molecule has 0 amide bonds. The van der Waals surface area contributed by atoms with E-state index in [1.807, 2.05) is 12.4 Å². The van der Waals surface area contributed by atoms with Crippen LogP contribution >= 0.6 is 0 Å². The maximum atomic E-state index is 4.27. The number of rotatable bonds is 7. The van der Waals surface area contributed by atoms with Crippen molar-refractivity contribution in [1.29, 1.82) is 0 Å². The maximum Gasteiger partial charge on any atom is 0.0299 e. The van der Waals surface area contributed by atoms with Gasteiger partial charge < -0.3 is 5.32 Å². The Hall–Kier alpha value is -0.890. The van der Waals surface area contributed by atoms with E-state index < -0.39 is 0 Å². The lowest BCUT2D eigenvalue weighted by atomic mass is 9.71. The topological polar surface area (TPSA) is 24.9 Å². The summed E-state index contributed by atoms with van der Waals surface area (Å²) >= 11 is 0. The van der Waals surface area contributed by atoms with Crippen LogP contribution in [0.2, 0.25) is 0 Å². The molecular formula is C18H30N2. The summed E-state index contributed by atoms with van der Waals surface area (Å²) < 4.78 is 0. The highest BCUT2D eigenvalue weighted by atomic mass is 14.9. The van der Waals surface area contributed by atoms with Crippen LogP contribution in [-0.4, -0.2) is 18.1 Å². The van der Waals surface area contributed by atoms with Gasteiger partial charge in [0, 0.05) is 12.4 Å². The largest absolute Gasteiger partial charge is 0.316 e. The highest BCUT2D eigenvalue weighted by Gasteiger charge is 2.29. The van der Waals surface area contributed by atoms with Crippen LogP contribution in [0.4, 0.5) is 0 Å². The highest BCUT2D eigenvalue weighted by molar-refractivity contribution is 5.10. The molecule has 1 aliphatic rings. The normalized spacial score (nSPS) is 26.6. The minimum atomic E-state index is 0.835. The molecule has 1 saturated carbocycles. The van der Waals surface area contributed by atoms with Crippen molar-refractivity contribution < 1.29 is 0 Å². The Kier molecular flexibility index (Phi) is 6.52. The molecule has 0 bridgehead atoms.